The van der Waals surface area contributed by atoms with Crippen LogP contribution in [0, 0.1) is 5.92 Å². The largest absolute Gasteiger partial charge is 0.340 e. The fraction of sp³-hybridized carbons (Fsp3) is 0.769. The summed E-state index contributed by atoms with van der Waals surface area (Å²) < 4.78 is 26.8. The summed E-state index contributed by atoms with van der Waals surface area (Å²) in [7, 11) is 0.812. The standard InChI is InChI=1S/C13H24N4O2S/c1-14-12(13-9-16(2)10-15-13)7-11-5-4-6-17(8-11)20(3,18)19/h9-12,14H,4-8H2,1-3H3. The summed E-state index contributed by atoms with van der Waals surface area (Å²) in [6.07, 6.45) is 8.04. The number of hydrogen-bond acceptors (Lipinski definition) is 4. The second-order valence-electron chi connectivity index (χ2n) is 5.67. The van der Waals surface area contributed by atoms with E-state index in [1.807, 2.05) is 24.9 Å². The van der Waals surface area contributed by atoms with Crippen LogP contribution < -0.4 is 5.32 Å². The Kier molecular flexibility index (Phi) is 4.82. The summed E-state index contributed by atoms with van der Waals surface area (Å²) in [6, 6.07) is 0.181. The minimum Gasteiger partial charge on any atom is -0.340 e. The molecule has 0 bridgehead atoms. The Morgan fingerprint density at radius 1 is 1.55 bits per heavy atom. The molecule has 6 nitrogen and oxygen atoms in total. The van der Waals surface area contributed by atoms with Crippen LogP contribution >= 0.6 is 0 Å². The maximum Gasteiger partial charge on any atom is 0.211 e. The Morgan fingerprint density at radius 3 is 2.85 bits per heavy atom. The lowest BCUT2D eigenvalue weighted by molar-refractivity contribution is 0.240. The lowest BCUT2D eigenvalue weighted by Crippen LogP contribution is -2.40. The van der Waals surface area contributed by atoms with E-state index in [9.17, 15) is 8.42 Å². The predicted octanol–water partition coefficient (Wildman–Crippen LogP) is 0.742. The van der Waals surface area contributed by atoms with Gasteiger partial charge in [-0.05, 0) is 32.2 Å². The Bertz CT molecular complexity index is 540. The van der Waals surface area contributed by atoms with E-state index in [2.05, 4.69) is 10.3 Å². The van der Waals surface area contributed by atoms with Gasteiger partial charge in [-0.1, -0.05) is 0 Å². The number of imidazole rings is 1. The van der Waals surface area contributed by atoms with Crippen LogP contribution in [-0.4, -0.2) is 48.7 Å². The van der Waals surface area contributed by atoms with Gasteiger partial charge in [-0.3, -0.25) is 0 Å². The highest BCUT2D eigenvalue weighted by Crippen LogP contribution is 2.27. The molecule has 2 unspecified atom stereocenters. The first kappa shape index (κ1) is 15.5. The third kappa shape index (κ3) is 3.80. The van der Waals surface area contributed by atoms with Crippen molar-refractivity contribution in [3.05, 3.63) is 18.2 Å². The number of piperidine rings is 1. The SMILES string of the molecule is CNC(CC1CCCN(S(C)(=O)=O)C1)c1cn(C)cn1. The number of sulfonamides is 1. The van der Waals surface area contributed by atoms with Crippen molar-refractivity contribution in [1.82, 2.24) is 19.2 Å². The zero-order chi connectivity index (χ0) is 14.8. The van der Waals surface area contributed by atoms with E-state index in [4.69, 9.17) is 0 Å². The third-order valence-electron chi connectivity index (χ3n) is 3.95. The molecular weight excluding hydrogens is 276 g/mol. The molecule has 1 aliphatic heterocycles. The van der Waals surface area contributed by atoms with E-state index in [0.717, 1.165) is 25.0 Å². The van der Waals surface area contributed by atoms with Crippen LogP contribution in [-0.2, 0) is 17.1 Å². The van der Waals surface area contributed by atoms with Gasteiger partial charge < -0.3 is 9.88 Å². The lowest BCUT2D eigenvalue weighted by atomic mass is 9.91. The van der Waals surface area contributed by atoms with E-state index in [0.29, 0.717) is 19.0 Å². The van der Waals surface area contributed by atoms with Gasteiger partial charge in [-0.15, -0.1) is 0 Å². The van der Waals surface area contributed by atoms with Gasteiger partial charge in [0.05, 0.1) is 24.3 Å². The van der Waals surface area contributed by atoms with Gasteiger partial charge in [-0.2, -0.15) is 0 Å². The van der Waals surface area contributed by atoms with E-state index >= 15 is 0 Å². The molecule has 2 heterocycles. The van der Waals surface area contributed by atoms with Gasteiger partial charge >= 0.3 is 0 Å². The number of aryl methyl sites for hydroxylation is 1. The number of rotatable bonds is 5. The quantitative estimate of drug-likeness (QED) is 0.871. The molecule has 20 heavy (non-hydrogen) atoms. The lowest BCUT2D eigenvalue weighted by Gasteiger charge is -2.32. The summed E-state index contributed by atoms with van der Waals surface area (Å²) in [5.74, 6) is 0.387. The van der Waals surface area contributed by atoms with Gasteiger partial charge in [0, 0.05) is 26.3 Å². The van der Waals surface area contributed by atoms with Crippen molar-refractivity contribution in [2.24, 2.45) is 13.0 Å². The summed E-state index contributed by atoms with van der Waals surface area (Å²) in [4.78, 5) is 4.39. The number of nitrogens with zero attached hydrogens (tertiary/aromatic N) is 3. The summed E-state index contributed by atoms with van der Waals surface area (Å²) >= 11 is 0. The van der Waals surface area contributed by atoms with Crippen molar-refractivity contribution in [1.29, 1.82) is 0 Å². The van der Waals surface area contributed by atoms with Crippen molar-refractivity contribution in [3.63, 3.8) is 0 Å². The Hall–Kier alpha value is -0.920. The van der Waals surface area contributed by atoms with E-state index in [-0.39, 0.29) is 6.04 Å². The highest BCUT2D eigenvalue weighted by atomic mass is 32.2. The van der Waals surface area contributed by atoms with Crippen LogP contribution in [0.2, 0.25) is 0 Å². The van der Waals surface area contributed by atoms with Crippen molar-refractivity contribution in [3.8, 4) is 0 Å². The zero-order valence-corrected chi connectivity index (χ0v) is 13.2. The smallest absolute Gasteiger partial charge is 0.211 e. The fourth-order valence-electron chi connectivity index (χ4n) is 2.85. The fourth-order valence-corrected chi connectivity index (χ4v) is 3.80. The Morgan fingerprint density at radius 2 is 2.30 bits per heavy atom. The normalized spacial score (nSPS) is 22.9. The zero-order valence-electron chi connectivity index (χ0n) is 12.4. The van der Waals surface area contributed by atoms with Crippen molar-refractivity contribution in [2.75, 3.05) is 26.4 Å². The van der Waals surface area contributed by atoms with Crippen LogP contribution in [0.25, 0.3) is 0 Å². The van der Waals surface area contributed by atoms with Crippen molar-refractivity contribution in [2.45, 2.75) is 25.3 Å². The summed E-state index contributed by atoms with van der Waals surface area (Å²) in [6.45, 7) is 1.28. The molecule has 1 aromatic rings. The molecule has 7 heteroatoms. The van der Waals surface area contributed by atoms with E-state index in [1.165, 1.54) is 6.26 Å². The molecule has 2 atom stereocenters. The topological polar surface area (TPSA) is 67.2 Å². The van der Waals surface area contributed by atoms with Gasteiger partial charge in [0.15, 0.2) is 0 Å². The minimum atomic E-state index is -3.07. The average molecular weight is 300 g/mol. The van der Waals surface area contributed by atoms with Gasteiger partial charge in [-0.25, -0.2) is 17.7 Å². The maximum absolute atomic E-state index is 11.7. The van der Waals surface area contributed by atoms with Gasteiger partial charge in [0.1, 0.15) is 0 Å². The maximum atomic E-state index is 11.7. The van der Waals surface area contributed by atoms with Crippen LogP contribution in [0.5, 0.6) is 0 Å². The van der Waals surface area contributed by atoms with Crippen molar-refractivity contribution >= 4 is 10.0 Å². The average Bonchev–Trinajstić information content (AvgIpc) is 2.82. The first-order valence-electron chi connectivity index (χ1n) is 7.00. The second-order valence-corrected chi connectivity index (χ2v) is 7.65. The number of hydrogen-bond donors (Lipinski definition) is 1. The predicted molar refractivity (Wildman–Crippen MR) is 78.8 cm³/mol. The third-order valence-corrected chi connectivity index (χ3v) is 5.22. The van der Waals surface area contributed by atoms with Gasteiger partial charge in [0.25, 0.3) is 0 Å². The Labute approximate surface area is 121 Å². The summed E-state index contributed by atoms with van der Waals surface area (Å²) in [5.41, 5.74) is 1.02. The molecule has 1 fully saturated rings. The molecule has 0 saturated carbocycles. The molecule has 0 radical (unpaired) electrons. The molecule has 0 spiro atoms. The number of aromatic nitrogens is 2. The minimum absolute atomic E-state index is 0.181. The molecule has 2 rings (SSSR count). The molecular formula is C13H24N4O2S. The van der Waals surface area contributed by atoms with Gasteiger partial charge in [0.2, 0.25) is 10.0 Å². The molecule has 0 aromatic carbocycles. The molecule has 0 amide bonds. The molecule has 1 aromatic heterocycles. The molecule has 1 saturated heterocycles. The molecule has 114 valence electrons. The molecule has 1 N–H and O–H groups in total. The monoisotopic (exact) mass is 300 g/mol. The first-order valence-corrected chi connectivity index (χ1v) is 8.85. The second kappa shape index (κ2) is 6.24. The highest BCUT2D eigenvalue weighted by molar-refractivity contribution is 7.88. The van der Waals surface area contributed by atoms with Crippen molar-refractivity contribution < 1.29 is 8.42 Å². The summed E-state index contributed by atoms with van der Waals surface area (Å²) in [5, 5.41) is 3.29. The van der Waals surface area contributed by atoms with Crippen LogP contribution in [0.3, 0.4) is 0 Å². The first-order chi connectivity index (χ1) is 9.40. The molecule has 0 aliphatic carbocycles. The van der Waals surface area contributed by atoms with Crippen LogP contribution in [0.15, 0.2) is 12.5 Å². The van der Waals surface area contributed by atoms with E-state index < -0.39 is 10.0 Å². The van der Waals surface area contributed by atoms with E-state index in [1.54, 1.807) is 10.6 Å². The number of nitrogens with one attached hydrogen (secondary N) is 1. The Balaban J connectivity index is 2.01. The van der Waals surface area contributed by atoms with Crippen LogP contribution in [0.1, 0.15) is 31.0 Å². The van der Waals surface area contributed by atoms with Crippen LogP contribution in [0.4, 0.5) is 0 Å². The molecule has 1 aliphatic rings. The highest BCUT2D eigenvalue weighted by Gasteiger charge is 2.28.